The highest BCUT2D eigenvalue weighted by molar-refractivity contribution is 7.99. The number of aromatic nitrogens is 1. The highest BCUT2D eigenvalue weighted by atomic mass is 32.2. The predicted molar refractivity (Wildman–Crippen MR) is 87.6 cm³/mol. The summed E-state index contributed by atoms with van der Waals surface area (Å²) >= 11 is 3.95. The lowest BCUT2D eigenvalue weighted by Gasteiger charge is -2.18. The summed E-state index contributed by atoms with van der Waals surface area (Å²) < 4.78 is 0. The van der Waals surface area contributed by atoms with Crippen LogP contribution in [0.15, 0.2) is 0 Å². The number of hydrogen-bond acceptors (Lipinski definition) is 5. The summed E-state index contributed by atoms with van der Waals surface area (Å²) in [6, 6.07) is 0.532. The molecule has 1 N–H and O–H groups in total. The van der Waals surface area contributed by atoms with Crippen molar-refractivity contribution in [2.75, 3.05) is 29.5 Å². The van der Waals surface area contributed by atoms with Crippen molar-refractivity contribution in [3.8, 4) is 0 Å². The first-order valence-electron chi connectivity index (χ1n) is 7.25. The number of hydrogen-bond donors (Lipinski definition) is 1. The number of nitrogens with zero attached hydrogens (tertiary/aromatic N) is 2. The quantitative estimate of drug-likeness (QED) is 0.904. The van der Waals surface area contributed by atoms with Crippen LogP contribution in [-0.4, -0.2) is 35.6 Å². The molecule has 0 radical (unpaired) electrons. The Hall–Kier alpha value is -0.260. The van der Waals surface area contributed by atoms with Crippen molar-refractivity contribution in [3.05, 3.63) is 10.6 Å². The van der Waals surface area contributed by atoms with Gasteiger partial charge in [-0.25, -0.2) is 4.98 Å². The van der Waals surface area contributed by atoms with E-state index >= 15 is 0 Å². The number of anilines is 1. The summed E-state index contributed by atoms with van der Waals surface area (Å²) in [5.74, 6) is 2.53. The van der Waals surface area contributed by atoms with Gasteiger partial charge in [-0.2, -0.15) is 11.8 Å². The van der Waals surface area contributed by atoms with Gasteiger partial charge in [-0.05, 0) is 18.6 Å². The molecule has 1 fully saturated rings. The third-order valence-electron chi connectivity index (χ3n) is 3.27. The van der Waals surface area contributed by atoms with E-state index in [1.807, 2.05) is 11.3 Å². The summed E-state index contributed by atoms with van der Waals surface area (Å²) in [6.45, 7) is 9.87. The van der Waals surface area contributed by atoms with Crippen molar-refractivity contribution in [1.82, 2.24) is 10.3 Å². The molecule has 0 aliphatic carbocycles. The van der Waals surface area contributed by atoms with Crippen molar-refractivity contribution in [2.24, 2.45) is 0 Å². The molecule has 108 valence electrons. The van der Waals surface area contributed by atoms with Gasteiger partial charge in [-0.3, -0.25) is 0 Å². The normalized spacial score (nSPS) is 16.9. The Kier molecular flexibility index (Phi) is 5.98. The molecule has 2 rings (SSSR count). The van der Waals surface area contributed by atoms with Crippen LogP contribution in [0, 0.1) is 0 Å². The molecule has 0 amide bonds. The molecule has 0 atom stereocenters. The standard InChI is InChI=1S/C14H25N3S2/c1-4-12-13(10-15-11(2)3)19-14(16-12)17-6-5-8-18-9-7-17/h11,15H,4-10H2,1-3H3. The monoisotopic (exact) mass is 299 g/mol. The Labute approximate surface area is 125 Å². The zero-order valence-corrected chi connectivity index (χ0v) is 13.9. The molecule has 0 aromatic carbocycles. The predicted octanol–water partition coefficient (Wildman–Crippen LogP) is 3.15. The summed E-state index contributed by atoms with van der Waals surface area (Å²) in [5, 5.41) is 4.75. The second-order valence-corrected chi connectivity index (χ2v) is 7.50. The number of thioether (sulfide) groups is 1. The molecule has 0 bridgehead atoms. The molecular formula is C14H25N3S2. The Morgan fingerprint density at radius 2 is 2.16 bits per heavy atom. The fourth-order valence-corrected chi connectivity index (χ4v) is 4.19. The molecule has 1 aromatic heterocycles. The fourth-order valence-electron chi connectivity index (χ4n) is 2.15. The first-order valence-corrected chi connectivity index (χ1v) is 9.22. The fraction of sp³-hybridized carbons (Fsp3) is 0.786. The van der Waals surface area contributed by atoms with E-state index in [0.717, 1.165) is 19.5 Å². The maximum atomic E-state index is 4.87. The van der Waals surface area contributed by atoms with Gasteiger partial charge in [0.25, 0.3) is 0 Å². The Balaban J connectivity index is 2.08. The molecule has 1 aliphatic heterocycles. The van der Waals surface area contributed by atoms with Gasteiger partial charge in [-0.15, -0.1) is 11.3 Å². The van der Waals surface area contributed by atoms with E-state index in [0.29, 0.717) is 6.04 Å². The van der Waals surface area contributed by atoms with E-state index in [9.17, 15) is 0 Å². The van der Waals surface area contributed by atoms with E-state index in [1.165, 1.54) is 40.2 Å². The average Bonchev–Trinajstić information content (AvgIpc) is 2.61. The Morgan fingerprint density at radius 3 is 2.89 bits per heavy atom. The minimum Gasteiger partial charge on any atom is -0.347 e. The van der Waals surface area contributed by atoms with Gasteiger partial charge in [-0.1, -0.05) is 20.8 Å². The highest BCUT2D eigenvalue weighted by Gasteiger charge is 2.16. The zero-order valence-electron chi connectivity index (χ0n) is 12.2. The van der Waals surface area contributed by atoms with Gasteiger partial charge < -0.3 is 10.2 Å². The van der Waals surface area contributed by atoms with E-state index in [2.05, 4.69) is 42.7 Å². The van der Waals surface area contributed by atoms with Crippen LogP contribution in [0.5, 0.6) is 0 Å². The Morgan fingerprint density at radius 1 is 1.32 bits per heavy atom. The largest absolute Gasteiger partial charge is 0.347 e. The van der Waals surface area contributed by atoms with Crippen LogP contribution >= 0.6 is 23.1 Å². The van der Waals surface area contributed by atoms with Gasteiger partial charge in [0.15, 0.2) is 5.13 Å². The molecule has 0 saturated carbocycles. The van der Waals surface area contributed by atoms with E-state index < -0.39 is 0 Å². The molecule has 1 aromatic rings. The molecule has 0 unspecified atom stereocenters. The van der Waals surface area contributed by atoms with Crippen molar-refractivity contribution in [1.29, 1.82) is 0 Å². The topological polar surface area (TPSA) is 28.2 Å². The average molecular weight is 300 g/mol. The first-order chi connectivity index (χ1) is 9.20. The lowest BCUT2D eigenvalue weighted by molar-refractivity contribution is 0.590. The second kappa shape index (κ2) is 7.50. The van der Waals surface area contributed by atoms with Gasteiger partial charge in [0.2, 0.25) is 0 Å². The third-order valence-corrected chi connectivity index (χ3v) is 5.47. The molecule has 0 spiro atoms. The van der Waals surface area contributed by atoms with Crippen molar-refractivity contribution in [2.45, 2.75) is 46.2 Å². The van der Waals surface area contributed by atoms with E-state index in [-0.39, 0.29) is 0 Å². The van der Waals surface area contributed by atoms with E-state index in [4.69, 9.17) is 4.98 Å². The van der Waals surface area contributed by atoms with Crippen LogP contribution in [-0.2, 0) is 13.0 Å². The molecule has 1 aliphatic rings. The minimum absolute atomic E-state index is 0.532. The number of rotatable bonds is 5. The summed E-state index contributed by atoms with van der Waals surface area (Å²) in [7, 11) is 0. The lowest BCUT2D eigenvalue weighted by Crippen LogP contribution is -2.25. The third kappa shape index (κ3) is 4.36. The van der Waals surface area contributed by atoms with Crippen LogP contribution in [0.2, 0.25) is 0 Å². The highest BCUT2D eigenvalue weighted by Crippen LogP contribution is 2.28. The van der Waals surface area contributed by atoms with Crippen LogP contribution in [0.25, 0.3) is 0 Å². The van der Waals surface area contributed by atoms with Crippen LogP contribution in [0.3, 0.4) is 0 Å². The Bertz CT molecular complexity index is 382. The SMILES string of the molecule is CCc1nc(N2CCCSCC2)sc1CNC(C)C. The van der Waals surface area contributed by atoms with Gasteiger partial charge >= 0.3 is 0 Å². The molecule has 3 nitrogen and oxygen atoms in total. The van der Waals surface area contributed by atoms with Crippen molar-refractivity contribution >= 4 is 28.2 Å². The number of nitrogens with one attached hydrogen (secondary N) is 1. The number of aryl methyl sites for hydroxylation is 1. The second-order valence-electron chi connectivity index (χ2n) is 5.21. The van der Waals surface area contributed by atoms with Crippen molar-refractivity contribution in [3.63, 3.8) is 0 Å². The van der Waals surface area contributed by atoms with Gasteiger partial charge in [0.1, 0.15) is 0 Å². The lowest BCUT2D eigenvalue weighted by atomic mass is 10.3. The van der Waals surface area contributed by atoms with E-state index in [1.54, 1.807) is 0 Å². The summed E-state index contributed by atoms with van der Waals surface area (Å²) in [6.07, 6.45) is 2.32. The van der Waals surface area contributed by atoms with Crippen LogP contribution in [0.1, 0.15) is 37.8 Å². The summed E-state index contributed by atoms with van der Waals surface area (Å²) in [4.78, 5) is 8.76. The summed E-state index contributed by atoms with van der Waals surface area (Å²) in [5.41, 5.74) is 1.28. The zero-order chi connectivity index (χ0) is 13.7. The maximum absolute atomic E-state index is 4.87. The smallest absolute Gasteiger partial charge is 0.185 e. The maximum Gasteiger partial charge on any atom is 0.185 e. The first kappa shape index (κ1) is 15.1. The van der Waals surface area contributed by atoms with Gasteiger partial charge in [0, 0.05) is 36.3 Å². The molecule has 19 heavy (non-hydrogen) atoms. The van der Waals surface area contributed by atoms with Crippen molar-refractivity contribution < 1.29 is 0 Å². The molecular weight excluding hydrogens is 274 g/mol. The van der Waals surface area contributed by atoms with Gasteiger partial charge in [0.05, 0.1) is 5.69 Å². The van der Waals surface area contributed by atoms with Crippen LogP contribution < -0.4 is 10.2 Å². The molecule has 1 saturated heterocycles. The molecule has 5 heteroatoms. The number of thiazole rings is 1. The molecule has 2 heterocycles. The van der Waals surface area contributed by atoms with Crippen LogP contribution in [0.4, 0.5) is 5.13 Å². The minimum atomic E-state index is 0.532.